The first-order chi connectivity index (χ1) is 12.9. The molecule has 1 atom stereocenters. The third-order valence-corrected chi connectivity index (χ3v) is 4.41. The Balaban J connectivity index is 1.81. The Bertz CT molecular complexity index is 889. The summed E-state index contributed by atoms with van der Waals surface area (Å²) >= 11 is 0. The van der Waals surface area contributed by atoms with Crippen LogP contribution in [0.25, 0.3) is 0 Å². The largest absolute Gasteiger partial charge is 0.358 e. The highest BCUT2D eigenvalue weighted by Crippen LogP contribution is 2.25. The van der Waals surface area contributed by atoms with Gasteiger partial charge in [-0.15, -0.1) is 0 Å². The molecule has 0 radical (unpaired) electrons. The second-order valence-electron chi connectivity index (χ2n) is 6.66. The fourth-order valence-corrected chi connectivity index (χ4v) is 2.91. The summed E-state index contributed by atoms with van der Waals surface area (Å²) in [5.74, 6) is -2.12. The molecule has 1 aliphatic heterocycles. The van der Waals surface area contributed by atoms with Crippen LogP contribution in [0.4, 0.5) is 16.2 Å². The van der Waals surface area contributed by atoms with Crippen LogP contribution in [0.2, 0.25) is 0 Å². The number of amides is 4. The molecule has 2 aromatic rings. The monoisotopic (exact) mass is 363 g/mol. The molecule has 138 valence electrons. The van der Waals surface area contributed by atoms with E-state index in [1.165, 1.54) is 5.56 Å². The number of hydrogen-bond donors (Lipinski definition) is 2. The van der Waals surface area contributed by atoms with Gasteiger partial charge in [-0.1, -0.05) is 50.8 Å². The molecule has 0 aliphatic carbocycles. The lowest BCUT2D eigenvalue weighted by Gasteiger charge is -2.31. The van der Waals surface area contributed by atoms with Crippen LogP contribution in [0.5, 0.6) is 0 Å². The third-order valence-electron chi connectivity index (χ3n) is 4.41. The van der Waals surface area contributed by atoms with Crippen molar-refractivity contribution in [2.24, 2.45) is 5.92 Å². The maximum absolute atomic E-state index is 12.9. The molecule has 1 saturated heterocycles. The van der Waals surface area contributed by atoms with Crippen molar-refractivity contribution in [3.05, 3.63) is 72.4 Å². The molecule has 1 heterocycles. The molecule has 1 aliphatic rings. The molecule has 2 aromatic carbocycles. The second kappa shape index (κ2) is 7.45. The molecule has 27 heavy (non-hydrogen) atoms. The molecule has 6 nitrogen and oxygen atoms in total. The number of anilines is 2. The van der Waals surface area contributed by atoms with Crippen LogP contribution in [-0.4, -0.2) is 17.8 Å². The zero-order valence-electron chi connectivity index (χ0n) is 15.2. The van der Waals surface area contributed by atoms with Gasteiger partial charge in [-0.25, -0.2) is 9.69 Å². The summed E-state index contributed by atoms with van der Waals surface area (Å²) in [6, 6.07) is 15.4. The zero-order valence-corrected chi connectivity index (χ0v) is 15.2. The Labute approximate surface area is 157 Å². The van der Waals surface area contributed by atoms with E-state index < -0.39 is 23.8 Å². The first kappa shape index (κ1) is 18.4. The highest BCUT2D eigenvalue weighted by molar-refractivity contribution is 6.28. The van der Waals surface area contributed by atoms with Gasteiger partial charge >= 0.3 is 6.03 Å². The number of rotatable bonds is 5. The molecule has 2 N–H and O–H groups in total. The second-order valence-corrected chi connectivity index (χ2v) is 6.66. The van der Waals surface area contributed by atoms with E-state index in [-0.39, 0.29) is 5.70 Å². The molecule has 3 rings (SSSR count). The Morgan fingerprint density at radius 2 is 1.67 bits per heavy atom. The number of barbiturate groups is 1. The molecule has 4 amide bonds. The summed E-state index contributed by atoms with van der Waals surface area (Å²) in [4.78, 5) is 38.3. The van der Waals surface area contributed by atoms with Crippen molar-refractivity contribution in [1.82, 2.24) is 5.32 Å². The van der Waals surface area contributed by atoms with E-state index in [0.29, 0.717) is 17.3 Å². The first-order valence-corrected chi connectivity index (χ1v) is 8.68. The topological polar surface area (TPSA) is 78.5 Å². The number of carbonyl (C=O) groups excluding carboxylic acids is 3. The summed E-state index contributed by atoms with van der Waals surface area (Å²) in [5.41, 5.74) is 2.50. The number of nitrogens with one attached hydrogen (secondary N) is 2. The Morgan fingerprint density at radius 1 is 1.04 bits per heavy atom. The summed E-state index contributed by atoms with van der Waals surface area (Å²) in [6.07, 6.45) is 0. The lowest BCUT2D eigenvalue weighted by Crippen LogP contribution is -2.59. The van der Waals surface area contributed by atoms with Crippen molar-refractivity contribution in [2.45, 2.75) is 19.8 Å². The number of benzene rings is 2. The van der Waals surface area contributed by atoms with Crippen molar-refractivity contribution in [3.63, 3.8) is 0 Å². The van der Waals surface area contributed by atoms with E-state index >= 15 is 0 Å². The predicted molar refractivity (Wildman–Crippen MR) is 104 cm³/mol. The van der Waals surface area contributed by atoms with E-state index in [4.69, 9.17) is 0 Å². The standard InChI is InChI=1S/C21H21N3O3/c1-13(2)15-9-11-16(12-10-15)22-14(3)18-19(25)23-21(27)24(20(18)26)17-7-5-4-6-8-17/h4-13,18,22H,3H2,1-2H3,(H,23,25,27)/t18-/m1/s1. The molecule has 1 fully saturated rings. The van der Waals surface area contributed by atoms with Gasteiger partial charge in [0.15, 0.2) is 5.92 Å². The summed E-state index contributed by atoms with van der Waals surface area (Å²) in [6.45, 7) is 8.05. The van der Waals surface area contributed by atoms with E-state index in [0.717, 1.165) is 4.90 Å². The molecule has 0 unspecified atom stereocenters. The van der Waals surface area contributed by atoms with Crippen LogP contribution in [-0.2, 0) is 9.59 Å². The van der Waals surface area contributed by atoms with Gasteiger partial charge in [-0.05, 0) is 35.7 Å². The van der Waals surface area contributed by atoms with Crippen molar-refractivity contribution in [1.29, 1.82) is 0 Å². The van der Waals surface area contributed by atoms with Crippen molar-refractivity contribution < 1.29 is 14.4 Å². The number of imide groups is 2. The normalized spacial score (nSPS) is 17.1. The molecule has 0 saturated carbocycles. The van der Waals surface area contributed by atoms with Crippen LogP contribution < -0.4 is 15.5 Å². The molecule has 0 spiro atoms. The van der Waals surface area contributed by atoms with Gasteiger partial charge in [0, 0.05) is 11.4 Å². The van der Waals surface area contributed by atoms with Crippen molar-refractivity contribution >= 4 is 29.2 Å². The number of hydrogen-bond acceptors (Lipinski definition) is 4. The van der Waals surface area contributed by atoms with E-state index in [9.17, 15) is 14.4 Å². The van der Waals surface area contributed by atoms with Gasteiger partial charge in [0.1, 0.15) is 0 Å². The van der Waals surface area contributed by atoms with Crippen LogP contribution in [0, 0.1) is 5.92 Å². The first-order valence-electron chi connectivity index (χ1n) is 8.68. The molecule has 0 aromatic heterocycles. The molecular weight excluding hydrogens is 342 g/mol. The van der Waals surface area contributed by atoms with Gasteiger partial charge in [0.25, 0.3) is 5.91 Å². The lowest BCUT2D eigenvalue weighted by atomic mass is 10.00. The van der Waals surface area contributed by atoms with Gasteiger partial charge in [-0.2, -0.15) is 0 Å². The van der Waals surface area contributed by atoms with E-state index in [1.54, 1.807) is 30.3 Å². The minimum absolute atomic E-state index is 0.211. The highest BCUT2D eigenvalue weighted by atomic mass is 16.2. The average molecular weight is 363 g/mol. The zero-order chi connectivity index (χ0) is 19.6. The predicted octanol–water partition coefficient (Wildman–Crippen LogP) is 3.63. The van der Waals surface area contributed by atoms with Gasteiger partial charge in [0.05, 0.1) is 5.69 Å². The maximum atomic E-state index is 12.9. The molecule has 0 bridgehead atoms. The Morgan fingerprint density at radius 3 is 2.26 bits per heavy atom. The number of urea groups is 1. The quantitative estimate of drug-likeness (QED) is 0.795. The highest BCUT2D eigenvalue weighted by Gasteiger charge is 2.42. The fourth-order valence-electron chi connectivity index (χ4n) is 2.91. The van der Waals surface area contributed by atoms with Crippen LogP contribution >= 0.6 is 0 Å². The van der Waals surface area contributed by atoms with Crippen LogP contribution in [0.15, 0.2) is 66.9 Å². The van der Waals surface area contributed by atoms with Crippen LogP contribution in [0.3, 0.4) is 0 Å². The van der Waals surface area contributed by atoms with Gasteiger partial charge in [-0.3, -0.25) is 14.9 Å². The number of para-hydroxylation sites is 1. The van der Waals surface area contributed by atoms with Gasteiger partial charge in [0.2, 0.25) is 5.91 Å². The lowest BCUT2D eigenvalue weighted by molar-refractivity contribution is -0.132. The average Bonchev–Trinajstić information content (AvgIpc) is 2.62. The third kappa shape index (κ3) is 3.74. The maximum Gasteiger partial charge on any atom is 0.335 e. The summed E-state index contributed by atoms with van der Waals surface area (Å²) < 4.78 is 0. The molecular formula is C21H21N3O3. The molecule has 6 heteroatoms. The van der Waals surface area contributed by atoms with E-state index in [1.807, 2.05) is 24.3 Å². The Hall–Kier alpha value is -3.41. The smallest absolute Gasteiger partial charge is 0.335 e. The SMILES string of the molecule is C=C(Nc1ccc(C(C)C)cc1)[C@@H]1C(=O)NC(=O)N(c2ccccc2)C1=O. The minimum atomic E-state index is -1.20. The van der Waals surface area contributed by atoms with Gasteiger partial charge < -0.3 is 5.32 Å². The number of carbonyl (C=O) groups is 3. The fraction of sp³-hybridized carbons (Fsp3) is 0.190. The number of nitrogens with zero attached hydrogens (tertiary/aromatic N) is 1. The van der Waals surface area contributed by atoms with E-state index in [2.05, 4.69) is 31.1 Å². The van der Waals surface area contributed by atoms with Crippen LogP contribution in [0.1, 0.15) is 25.3 Å². The Kier molecular flexibility index (Phi) is 5.07. The minimum Gasteiger partial charge on any atom is -0.358 e. The van der Waals surface area contributed by atoms with Crippen molar-refractivity contribution in [2.75, 3.05) is 10.2 Å². The van der Waals surface area contributed by atoms with Crippen molar-refractivity contribution in [3.8, 4) is 0 Å². The summed E-state index contributed by atoms with van der Waals surface area (Å²) in [5, 5.41) is 5.24. The summed E-state index contributed by atoms with van der Waals surface area (Å²) in [7, 11) is 0.